The summed E-state index contributed by atoms with van der Waals surface area (Å²) < 4.78 is 13.0. The highest BCUT2D eigenvalue weighted by Crippen LogP contribution is 2.25. The van der Waals surface area contributed by atoms with Crippen molar-refractivity contribution in [3.8, 4) is 11.1 Å². The maximum Gasteiger partial charge on any atom is 0.267 e. The Balaban J connectivity index is 0.000000465. The van der Waals surface area contributed by atoms with Crippen molar-refractivity contribution >= 4 is 16.8 Å². The average molecular weight is 370 g/mol. The highest BCUT2D eigenvalue weighted by molar-refractivity contribution is 5.98. The Morgan fingerprint density at radius 1 is 1.15 bits per heavy atom. The second-order valence-corrected chi connectivity index (χ2v) is 6.42. The molecule has 0 aliphatic carbocycles. The van der Waals surface area contributed by atoms with Crippen LogP contribution < -0.4 is 16.8 Å². The predicted molar refractivity (Wildman–Crippen MR) is 109 cm³/mol. The number of aromatic nitrogens is 1. The first-order valence-corrected chi connectivity index (χ1v) is 9.07. The maximum absolute atomic E-state index is 13.0. The van der Waals surface area contributed by atoms with Gasteiger partial charge in [-0.3, -0.25) is 4.79 Å². The van der Waals surface area contributed by atoms with Gasteiger partial charge in [0.15, 0.2) is 0 Å². The summed E-state index contributed by atoms with van der Waals surface area (Å²) in [7, 11) is 0. The van der Waals surface area contributed by atoms with Crippen LogP contribution in [0.2, 0.25) is 0 Å². The third kappa shape index (κ3) is 5.91. The molecule has 1 heterocycles. The minimum absolute atomic E-state index is 0.176. The second-order valence-electron chi connectivity index (χ2n) is 6.42. The largest absolute Gasteiger partial charge is 0.351 e. The van der Waals surface area contributed by atoms with Crippen LogP contribution >= 0.6 is 0 Å². The molecule has 6 heteroatoms. The molecule has 1 unspecified atom stereocenters. The fourth-order valence-electron chi connectivity index (χ4n) is 2.35. The molecule has 0 aliphatic heterocycles. The molecule has 1 atom stereocenters. The van der Waals surface area contributed by atoms with Crippen LogP contribution in [0.4, 0.5) is 4.39 Å². The van der Waals surface area contributed by atoms with E-state index in [1.54, 1.807) is 18.2 Å². The van der Waals surface area contributed by atoms with Crippen LogP contribution in [0.15, 0.2) is 48.5 Å². The van der Waals surface area contributed by atoms with Crippen molar-refractivity contribution in [2.45, 2.75) is 26.3 Å². The Morgan fingerprint density at radius 3 is 2.37 bits per heavy atom. The lowest BCUT2D eigenvalue weighted by Crippen LogP contribution is -2.29. The molecule has 2 aromatic carbocycles. The SMILES string of the molecule is CCC(C)N.NCCNC(=O)c1cc2ccc(-c3ccc(F)cc3)cc2[nH]1. The quantitative estimate of drug-likeness (QED) is 0.554. The Kier molecular flexibility index (Phi) is 7.52. The third-order valence-electron chi connectivity index (χ3n) is 4.12. The van der Waals surface area contributed by atoms with Crippen molar-refractivity contribution in [1.29, 1.82) is 0 Å². The monoisotopic (exact) mass is 370 g/mol. The molecule has 0 fully saturated rings. The molecule has 0 aliphatic rings. The van der Waals surface area contributed by atoms with Gasteiger partial charge in [-0.25, -0.2) is 4.39 Å². The lowest BCUT2D eigenvalue weighted by molar-refractivity contribution is 0.0950. The number of nitrogens with two attached hydrogens (primary N) is 2. The number of fused-ring (bicyclic) bond motifs is 1. The summed E-state index contributed by atoms with van der Waals surface area (Å²) in [4.78, 5) is 15.0. The minimum atomic E-state index is -0.261. The number of benzene rings is 2. The van der Waals surface area contributed by atoms with E-state index in [1.165, 1.54) is 12.1 Å². The van der Waals surface area contributed by atoms with E-state index in [0.29, 0.717) is 24.8 Å². The molecule has 5 nitrogen and oxygen atoms in total. The first-order chi connectivity index (χ1) is 12.9. The van der Waals surface area contributed by atoms with E-state index in [-0.39, 0.29) is 11.7 Å². The Bertz CT molecular complexity index is 872. The molecule has 1 amide bonds. The van der Waals surface area contributed by atoms with E-state index in [9.17, 15) is 9.18 Å². The summed E-state index contributed by atoms with van der Waals surface area (Å²) in [6.07, 6.45) is 1.08. The second kappa shape index (κ2) is 9.85. The van der Waals surface area contributed by atoms with E-state index in [0.717, 1.165) is 28.5 Å². The lowest BCUT2D eigenvalue weighted by atomic mass is 10.0. The zero-order chi connectivity index (χ0) is 19.8. The fraction of sp³-hybridized carbons (Fsp3) is 0.286. The number of amides is 1. The summed E-state index contributed by atoms with van der Waals surface area (Å²) in [6, 6.07) is 14.3. The van der Waals surface area contributed by atoms with Crippen LogP contribution in [0, 0.1) is 5.82 Å². The molecule has 0 radical (unpaired) electrons. The van der Waals surface area contributed by atoms with Gasteiger partial charge in [-0.1, -0.05) is 31.2 Å². The van der Waals surface area contributed by atoms with Crippen molar-refractivity contribution in [3.63, 3.8) is 0 Å². The van der Waals surface area contributed by atoms with Gasteiger partial charge in [0.1, 0.15) is 11.5 Å². The summed E-state index contributed by atoms with van der Waals surface area (Å²) in [5.74, 6) is -0.437. The Hall–Kier alpha value is -2.70. The van der Waals surface area contributed by atoms with Crippen LogP contribution in [0.1, 0.15) is 30.8 Å². The number of hydrogen-bond acceptors (Lipinski definition) is 3. The van der Waals surface area contributed by atoms with Gasteiger partial charge in [0.05, 0.1) is 0 Å². The van der Waals surface area contributed by atoms with Gasteiger partial charge < -0.3 is 21.8 Å². The number of carbonyl (C=O) groups is 1. The summed E-state index contributed by atoms with van der Waals surface area (Å²) in [5, 5.41) is 3.67. The molecule has 144 valence electrons. The number of H-pyrrole nitrogens is 1. The van der Waals surface area contributed by atoms with Gasteiger partial charge in [-0.05, 0) is 48.7 Å². The molecule has 0 bridgehead atoms. The number of nitrogens with one attached hydrogen (secondary N) is 2. The van der Waals surface area contributed by atoms with E-state index >= 15 is 0 Å². The van der Waals surface area contributed by atoms with Crippen LogP contribution in [0.3, 0.4) is 0 Å². The zero-order valence-electron chi connectivity index (χ0n) is 15.8. The standard InChI is InChI=1S/C17H16FN3O.C4H11N/c18-14-5-3-11(4-6-14)12-1-2-13-10-16(21-15(13)9-12)17(22)20-8-7-19;1-3-4(2)5/h1-6,9-10,21H,7-8,19H2,(H,20,22);4H,3,5H2,1-2H3. The molecule has 27 heavy (non-hydrogen) atoms. The summed E-state index contributed by atoms with van der Waals surface area (Å²) in [6.45, 7) is 4.92. The Labute approximate surface area is 158 Å². The van der Waals surface area contributed by atoms with E-state index in [1.807, 2.05) is 25.1 Å². The van der Waals surface area contributed by atoms with E-state index in [2.05, 4.69) is 17.2 Å². The normalized spacial score (nSPS) is 11.6. The van der Waals surface area contributed by atoms with Crippen molar-refractivity contribution in [2.75, 3.05) is 13.1 Å². The van der Waals surface area contributed by atoms with Gasteiger partial charge in [0.25, 0.3) is 5.91 Å². The molecule has 0 spiro atoms. The number of hydrogen-bond donors (Lipinski definition) is 4. The van der Waals surface area contributed by atoms with Crippen LogP contribution in [0.5, 0.6) is 0 Å². The van der Waals surface area contributed by atoms with Crippen molar-refractivity contribution < 1.29 is 9.18 Å². The first-order valence-electron chi connectivity index (χ1n) is 9.07. The molecular formula is C21H27FN4O. The summed E-state index contributed by atoms with van der Waals surface area (Å²) in [5.41, 5.74) is 13.9. The number of halogens is 1. The number of carbonyl (C=O) groups excluding carboxylic acids is 1. The van der Waals surface area contributed by atoms with Crippen LogP contribution in [0.25, 0.3) is 22.0 Å². The number of rotatable bonds is 5. The van der Waals surface area contributed by atoms with Gasteiger partial charge in [-0.2, -0.15) is 0 Å². The van der Waals surface area contributed by atoms with Gasteiger partial charge in [0.2, 0.25) is 0 Å². The third-order valence-corrected chi connectivity index (χ3v) is 4.12. The smallest absolute Gasteiger partial charge is 0.267 e. The minimum Gasteiger partial charge on any atom is -0.351 e. The van der Waals surface area contributed by atoms with Crippen LogP contribution in [-0.2, 0) is 0 Å². The van der Waals surface area contributed by atoms with Gasteiger partial charge in [0, 0.05) is 30.0 Å². The summed E-state index contributed by atoms with van der Waals surface area (Å²) >= 11 is 0. The van der Waals surface area contributed by atoms with Gasteiger partial charge >= 0.3 is 0 Å². The fourth-order valence-corrected chi connectivity index (χ4v) is 2.35. The van der Waals surface area contributed by atoms with Crippen molar-refractivity contribution in [2.24, 2.45) is 11.5 Å². The molecule has 0 saturated carbocycles. The molecule has 3 rings (SSSR count). The Morgan fingerprint density at radius 2 is 1.78 bits per heavy atom. The predicted octanol–water partition coefficient (Wildman–Crippen LogP) is 3.41. The highest BCUT2D eigenvalue weighted by Gasteiger charge is 2.09. The maximum atomic E-state index is 13.0. The molecule has 1 aromatic heterocycles. The zero-order valence-corrected chi connectivity index (χ0v) is 15.8. The van der Waals surface area contributed by atoms with Crippen LogP contribution in [-0.4, -0.2) is 30.0 Å². The first kappa shape index (κ1) is 20.6. The highest BCUT2D eigenvalue weighted by atomic mass is 19.1. The molecule has 6 N–H and O–H groups in total. The topological polar surface area (TPSA) is 96.9 Å². The molecule has 3 aromatic rings. The van der Waals surface area contributed by atoms with Crippen molar-refractivity contribution in [3.05, 3.63) is 60.0 Å². The molecule has 0 saturated heterocycles. The van der Waals surface area contributed by atoms with E-state index < -0.39 is 0 Å². The lowest BCUT2D eigenvalue weighted by Gasteiger charge is -2.02. The average Bonchev–Trinajstić information content (AvgIpc) is 3.10. The van der Waals surface area contributed by atoms with Gasteiger partial charge in [-0.15, -0.1) is 0 Å². The molecular weight excluding hydrogens is 343 g/mol. The van der Waals surface area contributed by atoms with Crippen molar-refractivity contribution in [1.82, 2.24) is 10.3 Å². The van der Waals surface area contributed by atoms with E-state index in [4.69, 9.17) is 11.5 Å². The number of aromatic amines is 1.